The second-order valence-corrected chi connectivity index (χ2v) is 7.61. The lowest BCUT2D eigenvalue weighted by atomic mass is 9.68. The van der Waals surface area contributed by atoms with Gasteiger partial charge in [0.15, 0.2) is 11.5 Å². The Morgan fingerprint density at radius 1 is 1.19 bits per heavy atom. The van der Waals surface area contributed by atoms with Gasteiger partial charge in [-0.3, -0.25) is 14.4 Å². The number of rotatable bonds is 6. The lowest BCUT2D eigenvalue weighted by Gasteiger charge is -2.33. The molecule has 6 heteroatoms. The normalized spacial score (nSPS) is 26.1. The fraction of sp³-hybridized carbons (Fsp3) is 0.550. The number of carbonyl (C=O) groups is 3. The third kappa shape index (κ3) is 2.42. The third-order valence-electron chi connectivity index (χ3n) is 6.24. The molecule has 2 saturated carbocycles. The van der Waals surface area contributed by atoms with Crippen molar-refractivity contribution < 1.29 is 23.9 Å². The molecule has 2 unspecified atom stereocenters. The molecule has 1 aromatic carbocycles. The minimum atomic E-state index is -1.20. The Bertz CT molecular complexity index is 769. The van der Waals surface area contributed by atoms with Gasteiger partial charge in [-0.15, -0.1) is 0 Å². The molecule has 0 saturated heterocycles. The first-order chi connectivity index (χ1) is 12.3. The summed E-state index contributed by atoms with van der Waals surface area (Å²) in [5.41, 5.74) is -0.834. The summed E-state index contributed by atoms with van der Waals surface area (Å²) in [7, 11) is 3.15. The van der Waals surface area contributed by atoms with E-state index >= 15 is 0 Å². The van der Waals surface area contributed by atoms with Crippen molar-refractivity contribution >= 4 is 17.5 Å². The van der Waals surface area contributed by atoms with Gasteiger partial charge in [-0.1, -0.05) is 19.9 Å². The Labute approximate surface area is 153 Å². The smallest absolute Gasteiger partial charge is 0.234 e. The van der Waals surface area contributed by atoms with Crippen LogP contribution >= 0.6 is 0 Å². The predicted molar refractivity (Wildman–Crippen MR) is 95.2 cm³/mol. The van der Waals surface area contributed by atoms with E-state index in [4.69, 9.17) is 9.47 Å². The number of carbonyl (C=O) groups excluding carboxylic acids is 3. The van der Waals surface area contributed by atoms with E-state index in [1.54, 1.807) is 14.2 Å². The van der Waals surface area contributed by atoms with Crippen molar-refractivity contribution in [1.82, 2.24) is 5.32 Å². The third-order valence-corrected chi connectivity index (χ3v) is 6.24. The van der Waals surface area contributed by atoms with Crippen LogP contribution in [0.15, 0.2) is 18.2 Å². The highest BCUT2D eigenvalue weighted by atomic mass is 16.5. The molecule has 140 valence electrons. The first kappa shape index (κ1) is 18.4. The second-order valence-electron chi connectivity index (χ2n) is 7.61. The van der Waals surface area contributed by atoms with Gasteiger partial charge in [0.1, 0.15) is 5.41 Å². The minimum Gasteiger partial charge on any atom is -0.493 e. The van der Waals surface area contributed by atoms with E-state index in [1.165, 1.54) is 0 Å². The molecular weight excluding hydrogens is 334 g/mol. The Kier molecular flexibility index (Phi) is 4.54. The molecule has 2 fully saturated rings. The molecule has 26 heavy (non-hydrogen) atoms. The van der Waals surface area contributed by atoms with E-state index in [0.29, 0.717) is 37.3 Å². The van der Waals surface area contributed by atoms with Gasteiger partial charge in [-0.05, 0) is 42.4 Å². The minimum absolute atomic E-state index is 0.318. The first-order valence-electron chi connectivity index (χ1n) is 8.87. The molecule has 0 heterocycles. The molecule has 0 aliphatic heterocycles. The Hall–Kier alpha value is -2.37. The van der Waals surface area contributed by atoms with E-state index in [1.807, 2.05) is 32.0 Å². The van der Waals surface area contributed by atoms with Crippen LogP contribution in [0.1, 0.15) is 32.3 Å². The molecule has 2 atom stereocenters. The zero-order valence-electron chi connectivity index (χ0n) is 15.7. The lowest BCUT2D eigenvalue weighted by molar-refractivity contribution is -0.149. The van der Waals surface area contributed by atoms with Crippen molar-refractivity contribution in [3.8, 4) is 11.5 Å². The van der Waals surface area contributed by atoms with E-state index in [2.05, 4.69) is 5.32 Å². The lowest BCUT2D eigenvalue weighted by Crippen LogP contribution is -2.50. The standard InChI is InChI=1S/C20H25NO5/c1-19(2)13-7-9-20(19,17(23)16(13)22)18(24)21-10-8-12-5-6-14(25-3)15(11-12)26-4/h5-6,11,13H,7-10H2,1-4H3,(H,21,24). The van der Waals surface area contributed by atoms with Crippen LogP contribution in [0.5, 0.6) is 11.5 Å². The van der Waals surface area contributed by atoms with Crippen LogP contribution in [0.2, 0.25) is 0 Å². The van der Waals surface area contributed by atoms with Gasteiger partial charge >= 0.3 is 0 Å². The van der Waals surface area contributed by atoms with Crippen molar-refractivity contribution in [1.29, 1.82) is 0 Å². The van der Waals surface area contributed by atoms with Gasteiger partial charge in [0.05, 0.1) is 14.2 Å². The molecule has 2 aliphatic rings. The fourth-order valence-electron chi connectivity index (χ4n) is 4.59. The molecule has 1 amide bonds. The predicted octanol–water partition coefficient (Wildman–Crippen LogP) is 1.94. The van der Waals surface area contributed by atoms with Gasteiger partial charge in [0.25, 0.3) is 0 Å². The number of nitrogens with one attached hydrogen (secondary N) is 1. The first-order valence-corrected chi connectivity index (χ1v) is 8.87. The number of ketones is 2. The van der Waals surface area contributed by atoms with E-state index in [-0.39, 0.29) is 17.6 Å². The molecular formula is C20H25NO5. The number of methoxy groups -OCH3 is 2. The summed E-state index contributed by atoms with van der Waals surface area (Å²) in [6.45, 7) is 4.11. The molecule has 1 N–H and O–H groups in total. The maximum absolute atomic E-state index is 12.9. The van der Waals surface area contributed by atoms with E-state index < -0.39 is 16.6 Å². The average Bonchev–Trinajstić information content (AvgIpc) is 2.98. The van der Waals surface area contributed by atoms with Crippen molar-refractivity contribution in [2.45, 2.75) is 33.1 Å². The topological polar surface area (TPSA) is 81.7 Å². The number of hydrogen-bond acceptors (Lipinski definition) is 5. The molecule has 0 aromatic heterocycles. The molecule has 1 aromatic rings. The zero-order chi connectivity index (χ0) is 19.1. The highest BCUT2D eigenvalue weighted by Crippen LogP contribution is 2.62. The van der Waals surface area contributed by atoms with Crippen LogP contribution in [0.25, 0.3) is 0 Å². The molecule has 0 radical (unpaired) electrons. The van der Waals surface area contributed by atoms with Gasteiger partial charge in [-0.25, -0.2) is 0 Å². The summed E-state index contributed by atoms with van der Waals surface area (Å²) < 4.78 is 10.5. The zero-order valence-corrected chi connectivity index (χ0v) is 15.7. The van der Waals surface area contributed by atoms with E-state index in [0.717, 1.165) is 5.56 Å². The number of hydrogen-bond donors (Lipinski definition) is 1. The summed E-state index contributed by atoms with van der Waals surface area (Å²) in [4.78, 5) is 37.5. The molecule has 2 bridgehead atoms. The summed E-state index contributed by atoms with van der Waals surface area (Å²) in [6.07, 6.45) is 1.66. The number of benzene rings is 1. The van der Waals surface area contributed by atoms with Crippen LogP contribution in [0.4, 0.5) is 0 Å². The Morgan fingerprint density at radius 3 is 2.46 bits per heavy atom. The monoisotopic (exact) mass is 359 g/mol. The van der Waals surface area contributed by atoms with Crippen LogP contribution in [-0.4, -0.2) is 38.2 Å². The number of fused-ring (bicyclic) bond motifs is 2. The molecule has 3 rings (SSSR count). The van der Waals surface area contributed by atoms with Crippen molar-refractivity contribution in [3.05, 3.63) is 23.8 Å². The summed E-state index contributed by atoms with van der Waals surface area (Å²) in [6, 6.07) is 5.59. The van der Waals surface area contributed by atoms with E-state index in [9.17, 15) is 14.4 Å². The van der Waals surface area contributed by atoms with Gasteiger partial charge in [0, 0.05) is 12.5 Å². The van der Waals surface area contributed by atoms with Gasteiger partial charge < -0.3 is 14.8 Å². The Morgan fingerprint density at radius 2 is 1.88 bits per heavy atom. The van der Waals surface area contributed by atoms with Crippen LogP contribution in [0, 0.1) is 16.7 Å². The van der Waals surface area contributed by atoms with Crippen LogP contribution in [-0.2, 0) is 20.8 Å². The van der Waals surface area contributed by atoms with Crippen molar-refractivity contribution in [3.63, 3.8) is 0 Å². The largest absolute Gasteiger partial charge is 0.493 e. The maximum atomic E-state index is 12.9. The highest BCUT2D eigenvalue weighted by Gasteiger charge is 2.72. The van der Waals surface area contributed by atoms with Gasteiger partial charge in [0.2, 0.25) is 17.5 Å². The van der Waals surface area contributed by atoms with Gasteiger partial charge in [-0.2, -0.15) is 0 Å². The highest BCUT2D eigenvalue weighted by molar-refractivity contribution is 6.47. The molecule has 2 aliphatic carbocycles. The maximum Gasteiger partial charge on any atom is 0.234 e. The van der Waals surface area contributed by atoms with Crippen LogP contribution < -0.4 is 14.8 Å². The summed E-state index contributed by atoms with van der Waals surface area (Å²) in [5, 5.41) is 2.88. The quantitative estimate of drug-likeness (QED) is 0.620. The second kappa shape index (κ2) is 6.41. The summed E-state index contributed by atoms with van der Waals surface area (Å²) in [5.74, 6) is -0.258. The summed E-state index contributed by atoms with van der Waals surface area (Å²) >= 11 is 0. The fourth-order valence-corrected chi connectivity index (χ4v) is 4.59. The van der Waals surface area contributed by atoms with Crippen molar-refractivity contribution in [2.75, 3.05) is 20.8 Å². The number of amides is 1. The molecule has 0 spiro atoms. The SMILES string of the molecule is COc1ccc(CCNC(=O)C23CCC(C(=O)C2=O)C3(C)C)cc1OC. The van der Waals surface area contributed by atoms with Crippen LogP contribution in [0.3, 0.4) is 0 Å². The average molecular weight is 359 g/mol. The molecule has 6 nitrogen and oxygen atoms in total. The Balaban J connectivity index is 1.68. The van der Waals surface area contributed by atoms with Crippen molar-refractivity contribution in [2.24, 2.45) is 16.7 Å². The number of Topliss-reactive ketones (excluding diaryl/α,β-unsaturated/α-hetero) is 2. The number of ether oxygens (including phenoxy) is 2.